The third kappa shape index (κ3) is 3.83. The van der Waals surface area contributed by atoms with Crippen LogP contribution in [-0.2, 0) is 4.74 Å². The highest BCUT2D eigenvalue weighted by molar-refractivity contribution is 5.51. The number of nitrogens with zero attached hydrogens (tertiary/aromatic N) is 2. The summed E-state index contributed by atoms with van der Waals surface area (Å²) in [6.45, 7) is 2.83. The van der Waals surface area contributed by atoms with E-state index in [0.717, 1.165) is 5.56 Å². The molecule has 8 heteroatoms. The predicted octanol–water partition coefficient (Wildman–Crippen LogP) is 3.46. The number of fused-ring (bicyclic) bond motifs is 1. The molecule has 0 N–H and O–H groups in total. The Morgan fingerprint density at radius 3 is 2.68 bits per heavy atom. The Morgan fingerprint density at radius 2 is 1.96 bits per heavy atom. The van der Waals surface area contributed by atoms with Gasteiger partial charge in [0.25, 0.3) is 5.69 Å². The van der Waals surface area contributed by atoms with E-state index in [0.29, 0.717) is 43.6 Å². The molecule has 2 aromatic carbocycles. The molecule has 2 aromatic rings. The van der Waals surface area contributed by atoms with Crippen LogP contribution >= 0.6 is 0 Å². The van der Waals surface area contributed by atoms with Crippen LogP contribution in [0.3, 0.4) is 0 Å². The third-order valence-corrected chi connectivity index (χ3v) is 4.76. The molecule has 2 aliphatic rings. The normalized spacial score (nSPS) is 20.6. The second-order valence-electron chi connectivity index (χ2n) is 6.50. The molecule has 7 nitrogen and oxygen atoms in total. The van der Waals surface area contributed by atoms with Gasteiger partial charge in [0.15, 0.2) is 0 Å². The molecule has 0 aromatic heterocycles. The fraction of sp³-hybridized carbons (Fsp3) is 0.300. The van der Waals surface area contributed by atoms with Crippen molar-refractivity contribution in [1.82, 2.24) is 4.90 Å². The molecule has 0 amide bonds. The Balaban J connectivity index is 1.57. The SMILES string of the molecule is O=[N+]([O-])c1ccc2c(c1)[C@@H](N1CCOCC1)/C(=C/COc1ccc(F)cc1)O2. The fourth-order valence-electron chi connectivity index (χ4n) is 3.41. The number of rotatable bonds is 5. The highest BCUT2D eigenvalue weighted by atomic mass is 19.1. The minimum atomic E-state index is -0.407. The molecule has 0 unspecified atom stereocenters. The first-order valence-corrected chi connectivity index (χ1v) is 8.98. The van der Waals surface area contributed by atoms with Gasteiger partial charge in [-0.15, -0.1) is 0 Å². The van der Waals surface area contributed by atoms with Crippen molar-refractivity contribution in [3.8, 4) is 11.5 Å². The van der Waals surface area contributed by atoms with Gasteiger partial charge in [0, 0.05) is 30.8 Å². The summed E-state index contributed by atoms with van der Waals surface area (Å²) >= 11 is 0. The molecule has 28 heavy (non-hydrogen) atoms. The second-order valence-corrected chi connectivity index (χ2v) is 6.50. The molecule has 2 aliphatic heterocycles. The number of hydrogen-bond donors (Lipinski definition) is 0. The summed E-state index contributed by atoms with van der Waals surface area (Å²) in [5.41, 5.74) is 0.800. The van der Waals surface area contributed by atoms with E-state index in [4.69, 9.17) is 14.2 Å². The van der Waals surface area contributed by atoms with Crippen molar-refractivity contribution in [3.05, 3.63) is 75.8 Å². The van der Waals surface area contributed by atoms with Crippen LogP contribution in [0.5, 0.6) is 11.5 Å². The number of benzene rings is 2. The number of nitro groups is 1. The van der Waals surface area contributed by atoms with Gasteiger partial charge in [-0.3, -0.25) is 15.0 Å². The van der Waals surface area contributed by atoms with E-state index in [-0.39, 0.29) is 24.2 Å². The van der Waals surface area contributed by atoms with Crippen LogP contribution in [0.2, 0.25) is 0 Å². The quantitative estimate of drug-likeness (QED) is 0.579. The van der Waals surface area contributed by atoms with Crippen LogP contribution in [0.25, 0.3) is 0 Å². The van der Waals surface area contributed by atoms with E-state index < -0.39 is 4.92 Å². The predicted molar refractivity (Wildman–Crippen MR) is 98.8 cm³/mol. The van der Waals surface area contributed by atoms with Gasteiger partial charge in [-0.05, 0) is 36.4 Å². The highest BCUT2D eigenvalue weighted by Gasteiger charge is 2.36. The van der Waals surface area contributed by atoms with Gasteiger partial charge in [0.05, 0.1) is 24.2 Å². The van der Waals surface area contributed by atoms with Gasteiger partial charge in [0.1, 0.15) is 29.7 Å². The van der Waals surface area contributed by atoms with Crippen LogP contribution in [0.4, 0.5) is 10.1 Å². The summed E-state index contributed by atoms with van der Waals surface area (Å²) in [6.07, 6.45) is 1.81. The van der Waals surface area contributed by atoms with Crippen molar-refractivity contribution in [1.29, 1.82) is 0 Å². The van der Waals surface area contributed by atoms with Crippen molar-refractivity contribution < 1.29 is 23.5 Å². The van der Waals surface area contributed by atoms with Crippen LogP contribution in [0.1, 0.15) is 11.6 Å². The van der Waals surface area contributed by atoms with Crippen LogP contribution < -0.4 is 9.47 Å². The van der Waals surface area contributed by atoms with Crippen LogP contribution in [0, 0.1) is 15.9 Å². The largest absolute Gasteiger partial charge is 0.489 e. The maximum atomic E-state index is 13.0. The number of nitro benzene ring substituents is 1. The summed E-state index contributed by atoms with van der Waals surface area (Å²) < 4.78 is 30.1. The molecule has 146 valence electrons. The van der Waals surface area contributed by atoms with E-state index in [2.05, 4.69) is 4.90 Å². The average molecular weight is 386 g/mol. The maximum Gasteiger partial charge on any atom is 0.270 e. The topological polar surface area (TPSA) is 74.1 Å². The zero-order valence-corrected chi connectivity index (χ0v) is 15.0. The minimum Gasteiger partial charge on any atom is -0.489 e. The van der Waals surface area contributed by atoms with E-state index >= 15 is 0 Å². The van der Waals surface area contributed by atoms with Crippen molar-refractivity contribution in [2.75, 3.05) is 32.9 Å². The van der Waals surface area contributed by atoms with Crippen LogP contribution in [0.15, 0.2) is 54.3 Å². The fourth-order valence-corrected chi connectivity index (χ4v) is 3.41. The Kier molecular flexibility index (Phi) is 5.23. The average Bonchev–Trinajstić information content (AvgIpc) is 3.07. The summed E-state index contributed by atoms with van der Waals surface area (Å²) in [4.78, 5) is 13.0. The number of halogens is 1. The van der Waals surface area contributed by atoms with Gasteiger partial charge in [-0.1, -0.05) is 0 Å². The van der Waals surface area contributed by atoms with E-state index in [1.54, 1.807) is 24.3 Å². The lowest BCUT2D eigenvalue weighted by Gasteiger charge is -2.32. The van der Waals surface area contributed by atoms with Gasteiger partial charge in [-0.2, -0.15) is 0 Å². The zero-order valence-electron chi connectivity index (χ0n) is 15.0. The summed E-state index contributed by atoms with van der Waals surface area (Å²) in [6, 6.07) is 10.2. The van der Waals surface area contributed by atoms with Gasteiger partial charge in [-0.25, -0.2) is 4.39 Å². The number of ether oxygens (including phenoxy) is 3. The molecule has 0 radical (unpaired) electrons. The third-order valence-electron chi connectivity index (χ3n) is 4.76. The molecular weight excluding hydrogens is 367 g/mol. The second kappa shape index (κ2) is 7.95. The van der Waals surface area contributed by atoms with Crippen molar-refractivity contribution in [2.24, 2.45) is 0 Å². The summed E-state index contributed by atoms with van der Waals surface area (Å²) in [5, 5.41) is 11.2. The highest BCUT2D eigenvalue weighted by Crippen LogP contribution is 2.44. The van der Waals surface area contributed by atoms with E-state index in [9.17, 15) is 14.5 Å². The first-order valence-electron chi connectivity index (χ1n) is 8.98. The lowest BCUT2D eigenvalue weighted by molar-refractivity contribution is -0.384. The van der Waals surface area contributed by atoms with E-state index in [1.165, 1.54) is 18.2 Å². The standard InChI is InChI=1S/C20H19FN2O5/c21-14-1-4-16(5-2-14)27-10-7-19-20(22-8-11-26-12-9-22)17-13-15(23(24)25)3-6-18(17)28-19/h1-7,13,20H,8-12H2/b19-7-/t20-/m1/s1. The monoisotopic (exact) mass is 386 g/mol. The number of hydrogen-bond acceptors (Lipinski definition) is 6. The first-order chi connectivity index (χ1) is 13.6. The zero-order chi connectivity index (χ0) is 19.5. The molecule has 1 saturated heterocycles. The molecule has 0 spiro atoms. The summed E-state index contributed by atoms with van der Waals surface area (Å²) in [7, 11) is 0. The Bertz CT molecular complexity index is 894. The molecule has 0 aliphatic carbocycles. The van der Waals surface area contributed by atoms with Crippen molar-refractivity contribution in [3.63, 3.8) is 0 Å². The molecular formula is C20H19FN2O5. The molecule has 0 saturated carbocycles. The van der Waals surface area contributed by atoms with Gasteiger partial charge >= 0.3 is 0 Å². The van der Waals surface area contributed by atoms with Crippen LogP contribution in [-0.4, -0.2) is 42.7 Å². The van der Waals surface area contributed by atoms with Gasteiger partial charge < -0.3 is 14.2 Å². The Morgan fingerprint density at radius 1 is 1.21 bits per heavy atom. The van der Waals surface area contributed by atoms with Gasteiger partial charge in [0.2, 0.25) is 0 Å². The molecule has 1 fully saturated rings. The lowest BCUT2D eigenvalue weighted by Crippen LogP contribution is -2.39. The smallest absolute Gasteiger partial charge is 0.270 e. The van der Waals surface area contributed by atoms with Crippen molar-refractivity contribution in [2.45, 2.75) is 6.04 Å². The Hall–Kier alpha value is -2.97. The number of non-ortho nitro benzene ring substituents is 1. The van der Waals surface area contributed by atoms with Crippen molar-refractivity contribution >= 4 is 5.69 Å². The molecule has 2 heterocycles. The minimum absolute atomic E-state index is 0.0319. The maximum absolute atomic E-state index is 13.0. The molecule has 1 atom stereocenters. The lowest BCUT2D eigenvalue weighted by atomic mass is 10.0. The number of morpholine rings is 1. The summed E-state index contributed by atoms with van der Waals surface area (Å²) in [5.74, 6) is 1.50. The molecule has 4 rings (SSSR count). The first kappa shape index (κ1) is 18.4. The molecule has 0 bridgehead atoms. The Labute approximate surface area is 161 Å². The van der Waals surface area contributed by atoms with E-state index in [1.807, 2.05) is 6.08 Å².